The van der Waals surface area contributed by atoms with Crippen LogP contribution in [0.3, 0.4) is 0 Å². The van der Waals surface area contributed by atoms with Gasteiger partial charge in [-0.1, -0.05) is 6.92 Å². The second-order valence-corrected chi connectivity index (χ2v) is 5.10. The van der Waals surface area contributed by atoms with E-state index in [-0.39, 0.29) is 5.91 Å². The fourth-order valence-corrected chi connectivity index (χ4v) is 2.32. The molecule has 1 amide bonds. The molecule has 0 aliphatic carbocycles. The lowest BCUT2D eigenvalue weighted by molar-refractivity contribution is 0.0698. The van der Waals surface area contributed by atoms with Crippen molar-refractivity contribution in [2.75, 3.05) is 25.5 Å². The van der Waals surface area contributed by atoms with Gasteiger partial charge in [-0.25, -0.2) is 0 Å². The van der Waals surface area contributed by atoms with Gasteiger partial charge >= 0.3 is 0 Å². The molecule has 4 heteroatoms. The van der Waals surface area contributed by atoms with Crippen LogP contribution in [0.5, 0.6) is 0 Å². The third-order valence-corrected chi connectivity index (χ3v) is 3.61. The quantitative estimate of drug-likeness (QED) is 0.872. The summed E-state index contributed by atoms with van der Waals surface area (Å²) in [6, 6.07) is 1.92. The van der Waals surface area contributed by atoms with Crippen molar-refractivity contribution in [1.29, 1.82) is 0 Å². The van der Waals surface area contributed by atoms with E-state index in [1.54, 1.807) is 6.20 Å². The molecule has 1 aromatic heterocycles. The maximum absolute atomic E-state index is 12.4. The summed E-state index contributed by atoms with van der Waals surface area (Å²) in [7, 11) is 1.84. The lowest BCUT2D eigenvalue weighted by atomic mass is 9.98. The molecular formula is C14H21N3O. The Kier molecular flexibility index (Phi) is 3.84. The molecule has 0 saturated carbocycles. The number of piperidine rings is 1. The van der Waals surface area contributed by atoms with Crippen LogP contribution >= 0.6 is 0 Å². The molecule has 1 aliphatic rings. The normalized spacial score (nSPS) is 16.7. The van der Waals surface area contributed by atoms with Crippen molar-refractivity contribution in [2.45, 2.75) is 26.7 Å². The van der Waals surface area contributed by atoms with Gasteiger partial charge in [0.25, 0.3) is 5.91 Å². The third kappa shape index (κ3) is 2.63. The Morgan fingerprint density at radius 3 is 2.72 bits per heavy atom. The largest absolute Gasteiger partial charge is 0.387 e. The van der Waals surface area contributed by atoms with Crippen LogP contribution in [0.1, 0.15) is 35.8 Å². The average molecular weight is 247 g/mol. The maximum atomic E-state index is 12.4. The smallest absolute Gasteiger partial charge is 0.257 e. The molecule has 4 nitrogen and oxygen atoms in total. The molecule has 0 radical (unpaired) electrons. The van der Waals surface area contributed by atoms with Gasteiger partial charge in [-0.15, -0.1) is 0 Å². The summed E-state index contributed by atoms with van der Waals surface area (Å²) in [4.78, 5) is 18.6. The number of anilines is 1. The monoisotopic (exact) mass is 247 g/mol. The highest BCUT2D eigenvalue weighted by Gasteiger charge is 2.23. The first-order valence-electron chi connectivity index (χ1n) is 6.55. The number of rotatable bonds is 2. The third-order valence-electron chi connectivity index (χ3n) is 3.61. The average Bonchev–Trinajstić information content (AvgIpc) is 2.38. The van der Waals surface area contributed by atoms with E-state index < -0.39 is 0 Å². The number of pyridine rings is 1. The second-order valence-electron chi connectivity index (χ2n) is 5.10. The molecule has 1 aliphatic heterocycles. The van der Waals surface area contributed by atoms with E-state index in [1.165, 1.54) is 0 Å². The first kappa shape index (κ1) is 12.9. The van der Waals surface area contributed by atoms with Crippen LogP contribution in [0.15, 0.2) is 12.3 Å². The zero-order valence-corrected chi connectivity index (χ0v) is 11.4. The van der Waals surface area contributed by atoms with Crippen molar-refractivity contribution < 1.29 is 4.79 Å². The topological polar surface area (TPSA) is 45.2 Å². The van der Waals surface area contributed by atoms with Crippen LogP contribution in [0.25, 0.3) is 0 Å². The second kappa shape index (κ2) is 5.38. The molecule has 98 valence electrons. The minimum Gasteiger partial charge on any atom is -0.387 e. The highest BCUT2D eigenvalue weighted by atomic mass is 16.2. The summed E-state index contributed by atoms with van der Waals surface area (Å²) in [6.45, 7) is 5.89. The summed E-state index contributed by atoms with van der Waals surface area (Å²) in [5, 5.41) is 3.08. The van der Waals surface area contributed by atoms with E-state index in [0.29, 0.717) is 5.56 Å². The van der Waals surface area contributed by atoms with Gasteiger partial charge in [0.2, 0.25) is 0 Å². The van der Waals surface area contributed by atoms with Crippen molar-refractivity contribution in [3.63, 3.8) is 0 Å². The number of hydrogen-bond donors (Lipinski definition) is 1. The van der Waals surface area contributed by atoms with Gasteiger partial charge in [0.15, 0.2) is 0 Å². The summed E-state index contributed by atoms with van der Waals surface area (Å²) in [5.74, 6) is 0.827. The highest BCUT2D eigenvalue weighted by molar-refractivity contribution is 5.99. The van der Waals surface area contributed by atoms with Crippen LogP contribution in [-0.2, 0) is 0 Å². The van der Waals surface area contributed by atoms with Crippen molar-refractivity contribution in [3.05, 3.63) is 23.5 Å². The van der Waals surface area contributed by atoms with Crippen LogP contribution in [0.2, 0.25) is 0 Å². The van der Waals surface area contributed by atoms with Gasteiger partial charge in [0, 0.05) is 32.0 Å². The number of amides is 1. The SMILES string of the molecule is CNc1cc(C)ncc1C(=O)N1CCC(C)CC1. The molecule has 0 unspecified atom stereocenters. The van der Waals surface area contributed by atoms with Gasteiger partial charge in [-0.2, -0.15) is 0 Å². The first-order valence-corrected chi connectivity index (χ1v) is 6.55. The summed E-state index contributed by atoms with van der Waals surface area (Å²) in [6.07, 6.45) is 3.88. The molecule has 0 atom stereocenters. The summed E-state index contributed by atoms with van der Waals surface area (Å²) < 4.78 is 0. The molecule has 1 N–H and O–H groups in total. The fourth-order valence-electron chi connectivity index (χ4n) is 2.32. The molecule has 2 rings (SSSR count). The standard InChI is InChI=1S/C14H21N3O/c1-10-4-6-17(7-5-10)14(18)12-9-16-11(2)8-13(12)15-3/h8-10H,4-7H2,1-3H3,(H,15,16). The van der Waals surface area contributed by atoms with Crippen LogP contribution in [-0.4, -0.2) is 35.9 Å². The minimum absolute atomic E-state index is 0.0961. The van der Waals surface area contributed by atoms with E-state index in [0.717, 1.165) is 43.2 Å². The van der Waals surface area contributed by atoms with Crippen LogP contribution < -0.4 is 5.32 Å². The Bertz CT molecular complexity index is 437. The number of carbonyl (C=O) groups is 1. The lowest BCUT2D eigenvalue weighted by Gasteiger charge is -2.30. The predicted octanol–water partition coefficient (Wildman–Crippen LogP) is 2.30. The number of nitrogens with one attached hydrogen (secondary N) is 1. The van der Waals surface area contributed by atoms with E-state index in [2.05, 4.69) is 17.2 Å². The number of hydrogen-bond acceptors (Lipinski definition) is 3. The lowest BCUT2D eigenvalue weighted by Crippen LogP contribution is -2.38. The molecule has 0 spiro atoms. The molecule has 1 aromatic rings. The Balaban J connectivity index is 2.18. The fraction of sp³-hybridized carbons (Fsp3) is 0.571. The number of likely N-dealkylation sites (tertiary alicyclic amines) is 1. The van der Waals surface area contributed by atoms with Gasteiger partial charge in [-0.3, -0.25) is 9.78 Å². The molecule has 0 aromatic carbocycles. The molecule has 2 heterocycles. The van der Waals surface area contributed by atoms with Gasteiger partial charge in [0.05, 0.1) is 11.3 Å². The van der Waals surface area contributed by atoms with Crippen molar-refractivity contribution >= 4 is 11.6 Å². The number of carbonyl (C=O) groups excluding carboxylic acids is 1. The molecule has 18 heavy (non-hydrogen) atoms. The van der Waals surface area contributed by atoms with Crippen LogP contribution in [0, 0.1) is 12.8 Å². The van der Waals surface area contributed by atoms with E-state index >= 15 is 0 Å². The maximum Gasteiger partial charge on any atom is 0.257 e. The number of nitrogens with zero attached hydrogens (tertiary/aromatic N) is 2. The summed E-state index contributed by atoms with van der Waals surface area (Å²) >= 11 is 0. The van der Waals surface area contributed by atoms with E-state index in [1.807, 2.05) is 24.9 Å². The predicted molar refractivity (Wildman–Crippen MR) is 72.8 cm³/mol. The molecule has 1 fully saturated rings. The Hall–Kier alpha value is -1.58. The van der Waals surface area contributed by atoms with Gasteiger partial charge in [0.1, 0.15) is 0 Å². The Labute approximate surface area is 108 Å². The Morgan fingerprint density at radius 1 is 1.44 bits per heavy atom. The molecule has 0 bridgehead atoms. The number of aryl methyl sites for hydroxylation is 1. The first-order chi connectivity index (χ1) is 8.61. The molecule has 1 saturated heterocycles. The minimum atomic E-state index is 0.0961. The Morgan fingerprint density at radius 2 is 2.11 bits per heavy atom. The van der Waals surface area contributed by atoms with Gasteiger partial charge < -0.3 is 10.2 Å². The van der Waals surface area contributed by atoms with Crippen LogP contribution in [0.4, 0.5) is 5.69 Å². The van der Waals surface area contributed by atoms with Crippen molar-refractivity contribution in [2.24, 2.45) is 5.92 Å². The highest BCUT2D eigenvalue weighted by Crippen LogP contribution is 2.21. The van der Waals surface area contributed by atoms with Crippen molar-refractivity contribution in [1.82, 2.24) is 9.88 Å². The summed E-state index contributed by atoms with van der Waals surface area (Å²) in [5.41, 5.74) is 2.46. The zero-order chi connectivity index (χ0) is 13.1. The zero-order valence-electron chi connectivity index (χ0n) is 11.4. The van der Waals surface area contributed by atoms with E-state index in [4.69, 9.17) is 0 Å². The number of aromatic nitrogens is 1. The van der Waals surface area contributed by atoms with Crippen molar-refractivity contribution in [3.8, 4) is 0 Å². The van der Waals surface area contributed by atoms with Gasteiger partial charge in [-0.05, 0) is 31.7 Å². The molecular weight excluding hydrogens is 226 g/mol. The van der Waals surface area contributed by atoms with E-state index in [9.17, 15) is 4.79 Å².